The number of ether oxygens (including phenoxy) is 2. The van der Waals surface area contributed by atoms with Crippen LogP contribution in [0.25, 0.3) is 0 Å². The van der Waals surface area contributed by atoms with Crippen molar-refractivity contribution < 1.29 is 9.47 Å². The fourth-order valence-electron chi connectivity index (χ4n) is 2.89. The molecule has 6 heteroatoms. The van der Waals surface area contributed by atoms with Gasteiger partial charge in [-0.05, 0) is 46.5 Å². The topological polar surface area (TPSA) is 54.9 Å². The lowest BCUT2D eigenvalue weighted by atomic mass is 9.96. The van der Waals surface area contributed by atoms with E-state index in [2.05, 4.69) is 31.6 Å². The van der Waals surface area contributed by atoms with Gasteiger partial charge in [0.1, 0.15) is 0 Å². The summed E-state index contributed by atoms with van der Waals surface area (Å²) < 4.78 is 11.6. The average Bonchev–Trinajstić information content (AvgIpc) is 2.58. The average molecular weight is 384 g/mol. The van der Waals surface area contributed by atoms with Crippen LogP contribution in [0.4, 0.5) is 0 Å². The maximum absolute atomic E-state index is 5.38. The highest BCUT2D eigenvalue weighted by Gasteiger charge is 2.15. The van der Waals surface area contributed by atoms with E-state index in [-0.39, 0.29) is 0 Å². The van der Waals surface area contributed by atoms with Crippen molar-refractivity contribution >= 4 is 21.9 Å². The van der Waals surface area contributed by atoms with Crippen molar-refractivity contribution in [1.82, 2.24) is 10.6 Å². The lowest BCUT2D eigenvalue weighted by molar-refractivity contribution is 0.352. The van der Waals surface area contributed by atoms with Crippen LogP contribution >= 0.6 is 15.9 Å². The molecule has 1 aromatic rings. The van der Waals surface area contributed by atoms with E-state index in [0.717, 1.165) is 16.0 Å². The first-order valence-corrected chi connectivity index (χ1v) is 8.84. The minimum Gasteiger partial charge on any atom is -0.493 e. The first-order chi connectivity index (χ1) is 11.2. The second kappa shape index (κ2) is 9.01. The van der Waals surface area contributed by atoms with Gasteiger partial charge in [0.15, 0.2) is 17.5 Å². The molecular formula is C17H26BrN3O2. The molecule has 2 rings (SSSR count). The Hall–Kier alpha value is -1.43. The molecule has 0 spiro atoms. The van der Waals surface area contributed by atoms with E-state index in [1.807, 2.05) is 19.2 Å². The van der Waals surface area contributed by atoms with Crippen molar-refractivity contribution in [1.29, 1.82) is 0 Å². The fourth-order valence-corrected chi connectivity index (χ4v) is 3.55. The molecule has 0 amide bonds. The van der Waals surface area contributed by atoms with Crippen molar-refractivity contribution in [3.8, 4) is 11.5 Å². The van der Waals surface area contributed by atoms with Gasteiger partial charge in [-0.15, -0.1) is 0 Å². The Kier molecular flexibility index (Phi) is 7.02. The van der Waals surface area contributed by atoms with E-state index in [0.29, 0.717) is 24.1 Å². The Balaban J connectivity index is 1.97. The number of benzene rings is 1. The highest BCUT2D eigenvalue weighted by Crippen LogP contribution is 2.36. The second-order valence-electron chi connectivity index (χ2n) is 5.72. The molecule has 1 aromatic carbocycles. The first kappa shape index (κ1) is 17.9. The predicted octanol–water partition coefficient (Wildman–Crippen LogP) is 3.46. The summed E-state index contributed by atoms with van der Waals surface area (Å²) in [5, 5.41) is 6.88. The minimum atomic E-state index is 0.534. The van der Waals surface area contributed by atoms with Crippen LogP contribution in [-0.2, 0) is 6.54 Å². The van der Waals surface area contributed by atoms with Crippen LogP contribution < -0.4 is 20.1 Å². The number of guanidine groups is 1. The van der Waals surface area contributed by atoms with Crippen molar-refractivity contribution in [2.75, 3.05) is 21.3 Å². The molecule has 1 fully saturated rings. The normalized spacial score (nSPS) is 16.1. The third kappa shape index (κ3) is 5.03. The number of hydrogen-bond donors (Lipinski definition) is 2. The molecule has 0 unspecified atom stereocenters. The van der Waals surface area contributed by atoms with Crippen molar-refractivity contribution in [2.24, 2.45) is 4.99 Å². The van der Waals surface area contributed by atoms with Gasteiger partial charge in [-0.2, -0.15) is 0 Å². The van der Waals surface area contributed by atoms with Crippen LogP contribution in [0.5, 0.6) is 11.5 Å². The van der Waals surface area contributed by atoms with Crippen LogP contribution in [0.3, 0.4) is 0 Å². The minimum absolute atomic E-state index is 0.534. The van der Waals surface area contributed by atoms with Gasteiger partial charge < -0.3 is 20.1 Å². The molecule has 23 heavy (non-hydrogen) atoms. The van der Waals surface area contributed by atoms with E-state index < -0.39 is 0 Å². The summed E-state index contributed by atoms with van der Waals surface area (Å²) in [6.45, 7) is 0.672. The maximum atomic E-state index is 5.38. The van der Waals surface area contributed by atoms with E-state index in [4.69, 9.17) is 9.47 Å². The van der Waals surface area contributed by atoms with E-state index >= 15 is 0 Å². The second-order valence-corrected chi connectivity index (χ2v) is 6.57. The van der Waals surface area contributed by atoms with Crippen molar-refractivity contribution in [2.45, 2.75) is 44.7 Å². The Labute approximate surface area is 147 Å². The molecule has 0 aliphatic heterocycles. The molecule has 0 radical (unpaired) electrons. The standard InChI is InChI=1S/C17H26BrN3O2/c1-19-17(21-13-7-5-4-6-8-13)20-11-12-9-14(18)16(23-3)15(10-12)22-2/h9-10,13H,4-8,11H2,1-3H3,(H2,19,20,21). The molecule has 0 atom stereocenters. The monoisotopic (exact) mass is 383 g/mol. The van der Waals surface area contributed by atoms with Gasteiger partial charge in [-0.3, -0.25) is 4.99 Å². The summed E-state index contributed by atoms with van der Waals surface area (Å²) >= 11 is 3.52. The van der Waals surface area contributed by atoms with Gasteiger partial charge >= 0.3 is 0 Å². The summed E-state index contributed by atoms with van der Waals surface area (Å²) in [5.41, 5.74) is 1.10. The highest BCUT2D eigenvalue weighted by molar-refractivity contribution is 9.10. The number of nitrogens with zero attached hydrogens (tertiary/aromatic N) is 1. The number of methoxy groups -OCH3 is 2. The van der Waals surface area contributed by atoms with E-state index in [1.54, 1.807) is 14.2 Å². The van der Waals surface area contributed by atoms with Gasteiger partial charge in [-0.1, -0.05) is 19.3 Å². The zero-order valence-corrected chi connectivity index (χ0v) is 15.7. The zero-order chi connectivity index (χ0) is 16.7. The third-order valence-electron chi connectivity index (χ3n) is 4.12. The SMILES string of the molecule is CN=C(NCc1cc(Br)c(OC)c(OC)c1)NC1CCCCC1. The largest absolute Gasteiger partial charge is 0.493 e. The fraction of sp³-hybridized carbons (Fsp3) is 0.588. The predicted molar refractivity (Wildman–Crippen MR) is 97.5 cm³/mol. The molecule has 1 aliphatic carbocycles. The quantitative estimate of drug-likeness (QED) is 0.603. The molecule has 128 valence electrons. The number of nitrogens with one attached hydrogen (secondary N) is 2. The van der Waals surface area contributed by atoms with E-state index in [1.165, 1.54) is 32.1 Å². The Bertz CT molecular complexity index is 543. The molecule has 0 saturated heterocycles. The Morgan fingerprint density at radius 2 is 1.96 bits per heavy atom. The number of hydrogen-bond acceptors (Lipinski definition) is 3. The smallest absolute Gasteiger partial charge is 0.191 e. The highest BCUT2D eigenvalue weighted by atomic mass is 79.9. The molecule has 0 aromatic heterocycles. The first-order valence-electron chi connectivity index (χ1n) is 8.05. The maximum Gasteiger partial charge on any atom is 0.191 e. The number of aliphatic imine (C=N–C) groups is 1. The third-order valence-corrected chi connectivity index (χ3v) is 4.71. The molecule has 1 aliphatic rings. The van der Waals surface area contributed by atoms with Crippen molar-refractivity contribution in [3.63, 3.8) is 0 Å². The zero-order valence-electron chi connectivity index (χ0n) is 14.1. The van der Waals surface area contributed by atoms with Gasteiger partial charge in [-0.25, -0.2) is 0 Å². The molecule has 2 N–H and O–H groups in total. The molecule has 0 heterocycles. The number of halogens is 1. The van der Waals surface area contributed by atoms with Crippen molar-refractivity contribution in [3.05, 3.63) is 22.2 Å². The summed E-state index contributed by atoms with van der Waals surface area (Å²) in [6, 6.07) is 4.54. The van der Waals surface area contributed by atoms with Gasteiger partial charge in [0.2, 0.25) is 0 Å². The van der Waals surface area contributed by atoms with Crippen LogP contribution in [0.1, 0.15) is 37.7 Å². The van der Waals surface area contributed by atoms with Crippen LogP contribution in [0.15, 0.2) is 21.6 Å². The summed E-state index contributed by atoms with van der Waals surface area (Å²) in [4.78, 5) is 4.32. The van der Waals surface area contributed by atoms with Crippen LogP contribution in [-0.4, -0.2) is 33.3 Å². The molecular weight excluding hydrogens is 358 g/mol. The summed E-state index contributed by atoms with van der Waals surface area (Å²) in [5.74, 6) is 2.28. The van der Waals surface area contributed by atoms with Gasteiger partial charge in [0.25, 0.3) is 0 Å². The Morgan fingerprint density at radius 1 is 1.22 bits per heavy atom. The van der Waals surface area contributed by atoms with Crippen LogP contribution in [0.2, 0.25) is 0 Å². The molecule has 1 saturated carbocycles. The summed E-state index contributed by atoms with van der Waals surface area (Å²) in [7, 11) is 5.09. The molecule has 0 bridgehead atoms. The number of rotatable bonds is 5. The van der Waals surface area contributed by atoms with Gasteiger partial charge in [0.05, 0.1) is 18.7 Å². The van der Waals surface area contributed by atoms with Crippen LogP contribution in [0, 0.1) is 0 Å². The summed E-state index contributed by atoms with van der Waals surface area (Å²) in [6.07, 6.45) is 6.41. The van der Waals surface area contributed by atoms with Gasteiger partial charge in [0, 0.05) is 19.6 Å². The lowest BCUT2D eigenvalue weighted by Gasteiger charge is -2.25. The van der Waals surface area contributed by atoms with E-state index in [9.17, 15) is 0 Å². The molecule has 5 nitrogen and oxygen atoms in total. The Morgan fingerprint density at radius 3 is 2.57 bits per heavy atom. The lowest BCUT2D eigenvalue weighted by Crippen LogP contribution is -2.43.